The van der Waals surface area contributed by atoms with Crippen LogP contribution in [0.3, 0.4) is 0 Å². The first-order valence-corrected chi connectivity index (χ1v) is 13.1. The van der Waals surface area contributed by atoms with Crippen molar-refractivity contribution < 1.29 is 9.21 Å². The third kappa shape index (κ3) is 4.60. The summed E-state index contributed by atoms with van der Waals surface area (Å²) >= 11 is 0. The third-order valence-corrected chi connectivity index (χ3v) is 8.59. The Morgan fingerprint density at radius 2 is 1.75 bits per heavy atom. The number of carbonyl (C=O) groups is 1. The van der Waals surface area contributed by atoms with E-state index in [2.05, 4.69) is 38.7 Å². The maximum Gasteiger partial charge on any atom is 0.236 e. The minimum atomic E-state index is 0.0711. The summed E-state index contributed by atoms with van der Waals surface area (Å²) in [5, 5.41) is 8.77. The summed E-state index contributed by atoms with van der Waals surface area (Å²) in [6, 6.07) is 0.882. The van der Waals surface area contributed by atoms with Crippen molar-refractivity contribution in [3.8, 4) is 0 Å². The van der Waals surface area contributed by atoms with Gasteiger partial charge in [-0.3, -0.25) is 9.69 Å². The summed E-state index contributed by atoms with van der Waals surface area (Å²) in [5.74, 6) is 1.93. The minimum Gasteiger partial charge on any atom is -0.423 e. The fourth-order valence-electron chi connectivity index (χ4n) is 6.58. The lowest BCUT2D eigenvalue weighted by molar-refractivity contribution is -0.133. The van der Waals surface area contributed by atoms with E-state index in [-0.39, 0.29) is 23.3 Å². The van der Waals surface area contributed by atoms with E-state index in [0.717, 1.165) is 50.8 Å². The van der Waals surface area contributed by atoms with Crippen molar-refractivity contribution in [2.24, 2.45) is 5.41 Å². The maximum absolute atomic E-state index is 13.2. The SMILES string of the molecule is CC(C)c1nnc(C2CC3(CCN(C4CCCC4)CC3)CN2CC(=O)N2CCCCC2)o1. The number of aromatic nitrogens is 2. The molecule has 0 N–H and O–H groups in total. The van der Waals surface area contributed by atoms with Crippen LogP contribution < -0.4 is 0 Å². The second kappa shape index (κ2) is 9.41. The molecule has 32 heavy (non-hydrogen) atoms. The first kappa shape index (κ1) is 22.3. The molecule has 7 heteroatoms. The van der Waals surface area contributed by atoms with Gasteiger partial charge in [0.2, 0.25) is 17.7 Å². The van der Waals surface area contributed by atoms with Crippen molar-refractivity contribution >= 4 is 5.91 Å². The Kier molecular flexibility index (Phi) is 6.57. The number of hydrogen-bond acceptors (Lipinski definition) is 6. The lowest BCUT2D eigenvalue weighted by atomic mass is 9.76. The van der Waals surface area contributed by atoms with Crippen LogP contribution in [-0.2, 0) is 4.79 Å². The van der Waals surface area contributed by atoms with E-state index in [1.807, 2.05) is 0 Å². The van der Waals surface area contributed by atoms with Crippen molar-refractivity contribution in [1.82, 2.24) is 24.9 Å². The highest BCUT2D eigenvalue weighted by molar-refractivity contribution is 5.78. The molecule has 1 amide bonds. The zero-order valence-corrected chi connectivity index (χ0v) is 20.1. The lowest BCUT2D eigenvalue weighted by Gasteiger charge is -2.42. The van der Waals surface area contributed by atoms with Crippen LogP contribution in [0, 0.1) is 5.41 Å². The smallest absolute Gasteiger partial charge is 0.236 e. The van der Waals surface area contributed by atoms with Crippen molar-refractivity contribution in [3.63, 3.8) is 0 Å². The fraction of sp³-hybridized carbons (Fsp3) is 0.880. The van der Waals surface area contributed by atoms with Crippen molar-refractivity contribution in [3.05, 3.63) is 11.8 Å². The molecule has 1 spiro atoms. The van der Waals surface area contributed by atoms with Crippen LogP contribution in [0.15, 0.2) is 4.42 Å². The van der Waals surface area contributed by atoms with Gasteiger partial charge in [0.1, 0.15) is 0 Å². The minimum absolute atomic E-state index is 0.0711. The number of carbonyl (C=O) groups excluding carboxylic acids is 1. The molecule has 0 aromatic carbocycles. The van der Waals surface area contributed by atoms with E-state index >= 15 is 0 Å². The highest BCUT2D eigenvalue weighted by atomic mass is 16.4. The van der Waals surface area contributed by atoms with Crippen molar-refractivity contribution in [1.29, 1.82) is 0 Å². The Morgan fingerprint density at radius 1 is 1.03 bits per heavy atom. The summed E-state index contributed by atoms with van der Waals surface area (Å²) < 4.78 is 6.12. The molecule has 1 aromatic heterocycles. The zero-order valence-electron chi connectivity index (χ0n) is 20.1. The molecule has 4 aliphatic rings. The zero-order chi connectivity index (χ0) is 22.1. The Labute approximate surface area is 192 Å². The van der Waals surface area contributed by atoms with Crippen molar-refractivity contribution in [2.45, 2.75) is 96.1 Å². The Bertz CT molecular complexity index is 773. The molecule has 1 aliphatic carbocycles. The molecule has 7 nitrogen and oxygen atoms in total. The summed E-state index contributed by atoms with van der Waals surface area (Å²) in [6.07, 6.45) is 12.6. The van der Waals surface area contributed by atoms with E-state index in [0.29, 0.717) is 12.4 Å². The van der Waals surface area contributed by atoms with Crippen LogP contribution in [0.25, 0.3) is 0 Å². The predicted molar refractivity (Wildman–Crippen MR) is 123 cm³/mol. The standard InChI is InChI=1S/C25H41N5O2/c1-19(2)23-26-27-24(32-23)21-16-25(10-14-28(15-11-25)20-8-4-5-9-20)18-30(21)17-22(31)29-12-6-3-7-13-29/h19-21H,3-18H2,1-2H3. The largest absolute Gasteiger partial charge is 0.423 e. The second-order valence-electron chi connectivity index (χ2n) is 11.2. The summed E-state index contributed by atoms with van der Waals surface area (Å²) in [4.78, 5) is 20.3. The molecule has 3 aliphatic heterocycles. The van der Waals surface area contributed by atoms with Gasteiger partial charge < -0.3 is 14.2 Å². The predicted octanol–water partition coefficient (Wildman–Crippen LogP) is 3.98. The number of nitrogens with zero attached hydrogens (tertiary/aromatic N) is 5. The van der Waals surface area contributed by atoms with Crippen LogP contribution in [0.1, 0.15) is 102 Å². The molecule has 1 unspecified atom stereocenters. The normalized spacial score (nSPS) is 27.7. The topological polar surface area (TPSA) is 65.7 Å². The van der Waals surface area contributed by atoms with Gasteiger partial charge in [-0.15, -0.1) is 10.2 Å². The molecule has 1 saturated carbocycles. The molecular weight excluding hydrogens is 402 g/mol. The average Bonchev–Trinajstić information content (AvgIpc) is 3.56. The molecule has 5 rings (SSSR count). The van der Waals surface area contributed by atoms with Gasteiger partial charge in [-0.2, -0.15) is 0 Å². The number of likely N-dealkylation sites (tertiary alicyclic amines) is 3. The molecule has 4 fully saturated rings. The summed E-state index contributed by atoms with van der Waals surface area (Å²) in [7, 11) is 0. The molecule has 1 aromatic rings. The monoisotopic (exact) mass is 443 g/mol. The number of hydrogen-bond donors (Lipinski definition) is 0. The second-order valence-corrected chi connectivity index (χ2v) is 11.2. The highest BCUT2D eigenvalue weighted by Gasteiger charge is 2.49. The molecule has 0 radical (unpaired) electrons. The van der Waals surface area contributed by atoms with Gasteiger partial charge in [0.05, 0.1) is 12.6 Å². The van der Waals surface area contributed by atoms with Gasteiger partial charge in [-0.1, -0.05) is 26.7 Å². The van der Waals surface area contributed by atoms with Crippen LogP contribution in [0.2, 0.25) is 0 Å². The summed E-state index contributed by atoms with van der Waals surface area (Å²) in [6.45, 7) is 9.87. The van der Waals surface area contributed by atoms with E-state index in [1.165, 1.54) is 58.0 Å². The Hall–Kier alpha value is -1.47. The van der Waals surface area contributed by atoms with E-state index in [1.54, 1.807) is 0 Å². The number of piperidine rings is 2. The van der Waals surface area contributed by atoms with Crippen LogP contribution >= 0.6 is 0 Å². The third-order valence-electron chi connectivity index (χ3n) is 8.59. The van der Waals surface area contributed by atoms with Crippen LogP contribution in [0.5, 0.6) is 0 Å². The molecule has 178 valence electrons. The van der Waals surface area contributed by atoms with Gasteiger partial charge in [0.15, 0.2) is 0 Å². The van der Waals surface area contributed by atoms with Gasteiger partial charge in [0, 0.05) is 31.6 Å². The highest BCUT2D eigenvalue weighted by Crippen LogP contribution is 2.49. The average molecular weight is 444 g/mol. The Morgan fingerprint density at radius 3 is 2.41 bits per heavy atom. The van der Waals surface area contributed by atoms with Gasteiger partial charge in [0.25, 0.3) is 0 Å². The molecule has 0 bridgehead atoms. The summed E-state index contributed by atoms with van der Waals surface area (Å²) in [5.41, 5.74) is 0.272. The lowest BCUT2D eigenvalue weighted by Crippen LogP contribution is -2.46. The van der Waals surface area contributed by atoms with Crippen LogP contribution in [0.4, 0.5) is 0 Å². The quantitative estimate of drug-likeness (QED) is 0.686. The molecule has 1 atom stereocenters. The van der Waals surface area contributed by atoms with Gasteiger partial charge >= 0.3 is 0 Å². The van der Waals surface area contributed by atoms with E-state index in [4.69, 9.17) is 4.42 Å². The maximum atomic E-state index is 13.2. The van der Waals surface area contributed by atoms with E-state index in [9.17, 15) is 4.79 Å². The molecule has 4 heterocycles. The van der Waals surface area contributed by atoms with Gasteiger partial charge in [-0.25, -0.2) is 0 Å². The first-order valence-electron chi connectivity index (χ1n) is 13.1. The molecule has 3 saturated heterocycles. The number of amides is 1. The first-order chi connectivity index (χ1) is 15.5. The van der Waals surface area contributed by atoms with E-state index < -0.39 is 0 Å². The Balaban J connectivity index is 1.30. The fourth-order valence-corrected chi connectivity index (χ4v) is 6.58. The number of rotatable bonds is 5. The van der Waals surface area contributed by atoms with Crippen molar-refractivity contribution in [2.75, 3.05) is 39.3 Å². The van der Waals surface area contributed by atoms with Crippen LogP contribution in [-0.4, -0.2) is 76.1 Å². The molecular formula is C25H41N5O2. The van der Waals surface area contributed by atoms with Gasteiger partial charge in [-0.05, 0) is 69.9 Å².